The van der Waals surface area contributed by atoms with Crippen molar-refractivity contribution in [1.29, 1.82) is 0 Å². The Bertz CT molecular complexity index is 826. The smallest absolute Gasteiger partial charge is 0.0400 e. The Hall–Kier alpha value is -2.39. The van der Waals surface area contributed by atoms with E-state index in [4.69, 9.17) is 0 Å². The van der Waals surface area contributed by atoms with Crippen LogP contribution >= 0.6 is 0 Å². The Morgan fingerprint density at radius 1 is 1.08 bits per heavy atom. The number of pyridine rings is 1. The number of fused-ring (bicyclic) bond motifs is 1. The van der Waals surface area contributed by atoms with Crippen molar-refractivity contribution in [2.24, 2.45) is 0 Å². The number of benzene rings is 2. The van der Waals surface area contributed by atoms with Gasteiger partial charge in [0, 0.05) is 49.1 Å². The number of aryl methyl sites for hydroxylation is 1. The second kappa shape index (κ2) is 6.62. The Morgan fingerprint density at radius 2 is 1.96 bits per heavy atom. The van der Waals surface area contributed by atoms with Crippen LogP contribution in [0.5, 0.6) is 0 Å². The summed E-state index contributed by atoms with van der Waals surface area (Å²) in [6.45, 7) is 5.44. The van der Waals surface area contributed by atoms with E-state index in [0.29, 0.717) is 6.04 Å². The molecule has 1 aliphatic rings. The molecule has 0 bridgehead atoms. The molecule has 1 saturated heterocycles. The van der Waals surface area contributed by atoms with Crippen molar-refractivity contribution in [3.8, 4) is 0 Å². The summed E-state index contributed by atoms with van der Waals surface area (Å²) in [4.78, 5) is 6.71. The average molecular weight is 317 g/mol. The summed E-state index contributed by atoms with van der Waals surface area (Å²) in [5.41, 5.74) is 3.93. The van der Waals surface area contributed by atoms with E-state index >= 15 is 0 Å². The van der Waals surface area contributed by atoms with E-state index in [-0.39, 0.29) is 0 Å². The van der Waals surface area contributed by atoms with Gasteiger partial charge in [-0.3, -0.25) is 9.88 Å². The third kappa shape index (κ3) is 3.41. The number of anilines is 1. The molecule has 0 aliphatic carbocycles. The molecule has 0 spiro atoms. The molecule has 3 aromatic rings. The maximum absolute atomic E-state index is 4.17. The maximum atomic E-state index is 4.17. The summed E-state index contributed by atoms with van der Waals surface area (Å²) in [6.07, 6.45) is 4.96. The van der Waals surface area contributed by atoms with Crippen LogP contribution in [0.1, 0.15) is 17.5 Å². The van der Waals surface area contributed by atoms with Gasteiger partial charge in [-0.2, -0.15) is 0 Å². The van der Waals surface area contributed by atoms with Crippen LogP contribution in [0.25, 0.3) is 10.8 Å². The van der Waals surface area contributed by atoms with Crippen molar-refractivity contribution < 1.29 is 0 Å². The number of likely N-dealkylation sites (tertiary alicyclic amines) is 1. The molecule has 1 aliphatic heterocycles. The predicted octanol–water partition coefficient (Wildman–Crippen LogP) is 4.23. The van der Waals surface area contributed by atoms with E-state index in [1.807, 2.05) is 12.4 Å². The van der Waals surface area contributed by atoms with Crippen molar-refractivity contribution in [2.75, 3.05) is 18.4 Å². The minimum absolute atomic E-state index is 0.523. The lowest BCUT2D eigenvalue weighted by Gasteiger charge is -2.18. The van der Waals surface area contributed by atoms with Crippen molar-refractivity contribution in [2.45, 2.75) is 25.9 Å². The lowest BCUT2D eigenvalue weighted by molar-refractivity contribution is 0.328. The minimum Gasteiger partial charge on any atom is -0.381 e. The van der Waals surface area contributed by atoms with Crippen LogP contribution in [0.15, 0.2) is 60.9 Å². The van der Waals surface area contributed by atoms with Gasteiger partial charge in [-0.1, -0.05) is 35.9 Å². The Morgan fingerprint density at radius 3 is 2.83 bits per heavy atom. The molecule has 4 rings (SSSR count). The van der Waals surface area contributed by atoms with E-state index in [9.17, 15) is 0 Å². The zero-order valence-electron chi connectivity index (χ0n) is 14.1. The van der Waals surface area contributed by atoms with Gasteiger partial charge in [0.25, 0.3) is 0 Å². The van der Waals surface area contributed by atoms with E-state index in [1.165, 1.54) is 34.0 Å². The lowest BCUT2D eigenvalue weighted by atomic mass is 10.1. The molecule has 2 aromatic carbocycles. The van der Waals surface area contributed by atoms with Gasteiger partial charge >= 0.3 is 0 Å². The van der Waals surface area contributed by atoms with Crippen LogP contribution in [0, 0.1) is 6.92 Å². The van der Waals surface area contributed by atoms with Gasteiger partial charge < -0.3 is 5.32 Å². The van der Waals surface area contributed by atoms with E-state index in [2.05, 4.69) is 70.7 Å². The van der Waals surface area contributed by atoms with Crippen LogP contribution in [0.4, 0.5) is 5.69 Å². The number of rotatable bonds is 4. The number of nitrogens with one attached hydrogen (secondary N) is 1. The Kier molecular flexibility index (Phi) is 4.18. The van der Waals surface area contributed by atoms with Gasteiger partial charge in [0.1, 0.15) is 0 Å². The highest BCUT2D eigenvalue weighted by molar-refractivity contribution is 5.84. The molecule has 1 atom stereocenters. The second-order valence-corrected chi connectivity index (χ2v) is 6.79. The fraction of sp³-hybridized carbons (Fsp3) is 0.286. The first-order chi connectivity index (χ1) is 11.8. The monoisotopic (exact) mass is 317 g/mol. The van der Waals surface area contributed by atoms with Crippen molar-refractivity contribution in [1.82, 2.24) is 9.88 Å². The van der Waals surface area contributed by atoms with Gasteiger partial charge in [-0.25, -0.2) is 0 Å². The van der Waals surface area contributed by atoms with Crippen LogP contribution in [-0.2, 0) is 6.54 Å². The highest BCUT2D eigenvalue weighted by Gasteiger charge is 2.22. The van der Waals surface area contributed by atoms with Crippen molar-refractivity contribution >= 4 is 16.5 Å². The maximum Gasteiger partial charge on any atom is 0.0400 e. The van der Waals surface area contributed by atoms with Crippen LogP contribution in [0.2, 0.25) is 0 Å². The molecule has 1 fully saturated rings. The van der Waals surface area contributed by atoms with E-state index in [1.54, 1.807) is 0 Å². The predicted molar refractivity (Wildman–Crippen MR) is 100 cm³/mol. The molecular formula is C21H23N3. The number of hydrogen-bond donors (Lipinski definition) is 1. The van der Waals surface area contributed by atoms with Crippen molar-refractivity contribution in [3.05, 3.63) is 72.1 Å². The summed E-state index contributed by atoms with van der Waals surface area (Å²) in [7, 11) is 0. The fourth-order valence-electron chi connectivity index (χ4n) is 3.45. The highest BCUT2D eigenvalue weighted by atomic mass is 15.2. The molecule has 3 heteroatoms. The molecule has 1 N–H and O–H groups in total. The first-order valence-electron chi connectivity index (χ1n) is 8.64. The molecule has 0 radical (unpaired) electrons. The van der Waals surface area contributed by atoms with Gasteiger partial charge in [0.15, 0.2) is 0 Å². The molecule has 2 heterocycles. The third-order valence-corrected chi connectivity index (χ3v) is 4.81. The van der Waals surface area contributed by atoms with Crippen LogP contribution < -0.4 is 5.32 Å². The molecule has 0 saturated carbocycles. The molecular weight excluding hydrogens is 294 g/mol. The Labute approximate surface area is 143 Å². The molecule has 1 aromatic heterocycles. The van der Waals surface area contributed by atoms with E-state index in [0.717, 1.165) is 19.6 Å². The van der Waals surface area contributed by atoms with E-state index < -0.39 is 0 Å². The summed E-state index contributed by atoms with van der Waals surface area (Å²) in [6, 6.07) is 18.0. The fourth-order valence-corrected chi connectivity index (χ4v) is 3.45. The summed E-state index contributed by atoms with van der Waals surface area (Å²) in [5, 5.41) is 6.13. The minimum atomic E-state index is 0.523. The molecule has 3 nitrogen and oxygen atoms in total. The van der Waals surface area contributed by atoms with Crippen LogP contribution in [-0.4, -0.2) is 29.0 Å². The highest BCUT2D eigenvalue weighted by Crippen LogP contribution is 2.22. The van der Waals surface area contributed by atoms with Crippen molar-refractivity contribution in [3.63, 3.8) is 0 Å². The number of nitrogens with zero attached hydrogens (tertiary/aromatic N) is 2. The van der Waals surface area contributed by atoms with Crippen LogP contribution in [0.3, 0.4) is 0 Å². The zero-order valence-corrected chi connectivity index (χ0v) is 14.1. The zero-order chi connectivity index (χ0) is 16.4. The second-order valence-electron chi connectivity index (χ2n) is 6.79. The van der Waals surface area contributed by atoms with Gasteiger partial charge in [-0.05, 0) is 42.5 Å². The SMILES string of the molecule is Cc1ccc(CN2CCC(Nc3ccc4cnccc4c3)C2)cc1. The standard InChI is InChI=1S/C21H23N3/c1-16-2-4-17(5-3-16)14-24-11-9-21(15-24)23-20-7-6-19-13-22-10-8-18(19)12-20/h2-8,10,12-13,21,23H,9,11,14-15H2,1H3. The average Bonchev–Trinajstić information content (AvgIpc) is 3.04. The normalized spacial score (nSPS) is 18.1. The first-order valence-corrected chi connectivity index (χ1v) is 8.64. The summed E-state index contributed by atoms with van der Waals surface area (Å²) in [5.74, 6) is 0. The van der Waals surface area contributed by atoms with Gasteiger partial charge in [-0.15, -0.1) is 0 Å². The lowest BCUT2D eigenvalue weighted by Crippen LogP contribution is -2.25. The summed E-state index contributed by atoms with van der Waals surface area (Å²) < 4.78 is 0. The largest absolute Gasteiger partial charge is 0.381 e. The molecule has 1 unspecified atom stereocenters. The molecule has 122 valence electrons. The summed E-state index contributed by atoms with van der Waals surface area (Å²) >= 11 is 0. The van der Waals surface area contributed by atoms with Gasteiger partial charge in [0.05, 0.1) is 0 Å². The number of aromatic nitrogens is 1. The third-order valence-electron chi connectivity index (χ3n) is 4.81. The molecule has 24 heavy (non-hydrogen) atoms. The first kappa shape index (κ1) is 15.2. The Balaban J connectivity index is 1.38. The molecule has 0 amide bonds. The van der Waals surface area contributed by atoms with Gasteiger partial charge in [0.2, 0.25) is 0 Å². The number of hydrogen-bond acceptors (Lipinski definition) is 3. The topological polar surface area (TPSA) is 28.2 Å². The quantitative estimate of drug-likeness (QED) is 0.780.